The SMILES string of the molecule is Cc1cc(C)c(N/C=C\NC2CCCCCCCCCCC2)c(C)c1. The lowest BCUT2D eigenvalue weighted by Gasteiger charge is -2.18. The zero-order valence-corrected chi connectivity index (χ0v) is 16.7. The molecule has 2 nitrogen and oxygen atoms in total. The average Bonchev–Trinajstić information content (AvgIpc) is 2.55. The Hall–Kier alpha value is -1.44. The quantitative estimate of drug-likeness (QED) is 0.631. The summed E-state index contributed by atoms with van der Waals surface area (Å²) >= 11 is 0. The molecule has 2 N–H and O–H groups in total. The molecular weight excluding hydrogens is 304 g/mol. The van der Waals surface area contributed by atoms with Gasteiger partial charge in [0.05, 0.1) is 0 Å². The molecule has 0 aromatic heterocycles. The zero-order valence-electron chi connectivity index (χ0n) is 16.7. The molecule has 1 saturated carbocycles. The minimum absolute atomic E-state index is 0.637. The van der Waals surface area contributed by atoms with E-state index in [9.17, 15) is 0 Å². The van der Waals surface area contributed by atoms with Crippen LogP contribution < -0.4 is 10.6 Å². The highest BCUT2D eigenvalue weighted by molar-refractivity contribution is 5.59. The monoisotopic (exact) mass is 342 g/mol. The van der Waals surface area contributed by atoms with Crippen LogP contribution in [0.15, 0.2) is 24.5 Å². The summed E-state index contributed by atoms with van der Waals surface area (Å²) in [6, 6.07) is 5.12. The second kappa shape index (κ2) is 11.2. The van der Waals surface area contributed by atoms with E-state index >= 15 is 0 Å². The number of benzene rings is 1. The fourth-order valence-corrected chi connectivity index (χ4v) is 4.05. The zero-order chi connectivity index (χ0) is 17.9. The van der Waals surface area contributed by atoms with Gasteiger partial charge in [-0.3, -0.25) is 0 Å². The molecule has 1 fully saturated rings. The number of rotatable bonds is 4. The molecule has 0 heterocycles. The van der Waals surface area contributed by atoms with Gasteiger partial charge in [0, 0.05) is 24.1 Å². The number of hydrogen-bond acceptors (Lipinski definition) is 2. The third-order valence-corrected chi connectivity index (χ3v) is 5.43. The van der Waals surface area contributed by atoms with E-state index < -0.39 is 0 Å². The second-order valence-electron chi connectivity index (χ2n) is 7.87. The Morgan fingerprint density at radius 2 is 1.20 bits per heavy atom. The van der Waals surface area contributed by atoms with Crippen LogP contribution in [0, 0.1) is 20.8 Å². The van der Waals surface area contributed by atoms with Crippen LogP contribution in [0.3, 0.4) is 0 Å². The largest absolute Gasteiger partial charge is 0.387 e. The molecule has 2 rings (SSSR count). The van der Waals surface area contributed by atoms with Gasteiger partial charge in [0.15, 0.2) is 0 Å². The summed E-state index contributed by atoms with van der Waals surface area (Å²) in [6.07, 6.45) is 19.6. The van der Waals surface area contributed by atoms with Crippen molar-refractivity contribution in [1.82, 2.24) is 5.32 Å². The van der Waals surface area contributed by atoms with E-state index in [4.69, 9.17) is 0 Å². The molecule has 0 bridgehead atoms. The first-order valence-electron chi connectivity index (χ1n) is 10.4. The molecule has 0 unspecified atom stereocenters. The highest BCUT2D eigenvalue weighted by Crippen LogP contribution is 2.22. The predicted molar refractivity (Wildman–Crippen MR) is 111 cm³/mol. The van der Waals surface area contributed by atoms with Gasteiger partial charge in [0.2, 0.25) is 0 Å². The Morgan fingerprint density at radius 3 is 1.72 bits per heavy atom. The van der Waals surface area contributed by atoms with E-state index in [1.807, 2.05) is 0 Å². The molecule has 1 aliphatic carbocycles. The van der Waals surface area contributed by atoms with Crippen LogP contribution in [-0.2, 0) is 0 Å². The van der Waals surface area contributed by atoms with Gasteiger partial charge in [0.1, 0.15) is 0 Å². The van der Waals surface area contributed by atoms with Crippen LogP contribution >= 0.6 is 0 Å². The number of aryl methyl sites for hydroxylation is 3. The van der Waals surface area contributed by atoms with Crippen LogP contribution in [0.1, 0.15) is 87.3 Å². The minimum Gasteiger partial charge on any atom is -0.387 e. The van der Waals surface area contributed by atoms with Crippen molar-refractivity contribution in [3.05, 3.63) is 41.2 Å². The van der Waals surface area contributed by atoms with Crippen LogP contribution in [-0.4, -0.2) is 6.04 Å². The van der Waals surface area contributed by atoms with E-state index in [1.165, 1.54) is 93.0 Å². The smallest absolute Gasteiger partial charge is 0.0439 e. The first-order chi connectivity index (χ1) is 12.2. The molecule has 140 valence electrons. The van der Waals surface area contributed by atoms with Crippen LogP contribution in [0.5, 0.6) is 0 Å². The lowest BCUT2D eigenvalue weighted by molar-refractivity contribution is 0.434. The van der Waals surface area contributed by atoms with E-state index in [0.29, 0.717) is 6.04 Å². The summed E-state index contributed by atoms with van der Waals surface area (Å²) in [7, 11) is 0. The summed E-state index contributed by atoms with van der Waals surface area (Å²) in [5.41, 5.74) is 5.19. The first kappa shape index (κ1) is 19.9. The number of nitrogens with one attached hydrogen (secondary N) is 2. The van der Waals surface area contributed by atoms with Gasteiger partial charge >= 0.3 is 0 Å². The molecule has 0 radical (unpaired) electrons. The fourth-order valence-electron chi connectivity index (χ4n) is 4.05. The van der Waals surface area contributed by atoms with Crippen molar-refractivity contribution in [2.75, 3.05) is 5.32 Å². The Bertz CT molecular complexity index is 498. The topological polar surface area (TPSA) is 24.1 Å². The summed E-state index contributed by atoms with van der Waals surface area (Å²) in [6.45, 7) is 6.51. The van der Waals surface area contributed by atoms with E-state index in [1.54, 1.807) is 0 Å². The summed E-state index contributed by atoms with van der Waals surface area (Å²) in [5, 5.41) is 7.12. The first-order valence-corrected chi connectivity index (χ1v) is 10.4. The predicted octanol–water partition coefficient (Wildman–Crippen LogP) is 6.76. The minimum atomic E-state index is 0.637. The highest BCUT2D eigenvalue weighted by atomic mass is 14.9. The maximum absolute atomic E-state index is 3.65. The van der Waals surface area contributed by atoms with Gasteiger partial charge in [0.25, 0.3) is 0 Å². The average molecular weight is 343 g/mol. The van der Waals surface area contributed by atoms with E-state index in [2.05, 4.69) is 55.9 Å². The maximum atomic E-state index is 3.65. The van der Waals surface area contributed by atoms with Crippen molar-refractivity contribution >= 4 is 5.69 Å². The maximum Gasteiger partial charge on any atom is 0.0439 e. The Kier molecular flexibility index (Phi) is 8.93. The fraction of sp³-hybridized carbons (Fsp3) is 0.652. The Morgan fingerprint density at radius 1 is 0.720 bits per heavy atom. The Balaban J connectivity index is 1.81. The molecule has 1 aromatic rings. The molecule has 0 saturated heterocycles. The molecule has 1 aliphatic rings. The van der Waals surface area contributed by atoms with Gasteiger partial charge in [-0.15, -0.1) is 0 Å². The standard InChI is InChI=1S/C23H38N2/c1-19-17-20(2)23(21(3)18-19)25-16-15-24-22-13-11-9-7-5-4-6-8-10-12-14-22/h15-18,22,24-25H,4-14H2,1-3H3/b16-15-. The van der Waals surface area contributed by atoms with Gasteiger partial charge in [-0.25, -0.2) is 0 Å². The van der Waals surface area contributed by atoms with Gasteiger partial charge < -0.3 is 10.6 Å². The van der Waals surface area contributed by atoms with Crippen molar-refractivity contribution in [2.24, 2.45) is 0 Å². The molecule has 0 spiro atoms. The van der Waals surface area contributed by atoms with E-state index in [0.717, 1.165) is 0 Å². The summed E-state index contributed by atoms with van der Waals surface area (Å²) < 4.78 is 0. The third kappa shape index (κ3) is 7.54. The van der Waals surface area contributed by atoms with Crippen molar-refractivity contribution in [1.29, 1.82) is 0 Å². The van der Waals surface area contributed by atoms with Gasteiger partial charge in [-0.1, -0.05) is 75.5 Å². The molecule has 25 heavy (non-hydrogen) atoms. The van der Waals surface area contributed by atoms with Crippen LogP contribution in [0.2, 0.25) is 0 Å². The third-order valence-electron chi connectivity index (χ3n) is 5.43. The van der Waals surface area contributed by atoms with Gasteiger partial charge in [-0.05, 0) is 44.7 Å². The highest BCUT2D eigenvalue weighted by Gasteiger charge is 2.07. The van der Waals surface area contributed by atoms with Gasteiger partial charge in [-0.2, -0.15) is 0 Å². The lowest BCUT2D eigenvalue weighted by Crippen LogP contribution is -2.24. The molecule has 0 atom stereocenters. The van der Waals surface area contributed by atoms with Crippen LogP contribution in [0.25, 0.3) is 0 Å². The number of hydrogen-bond donors (Lipinski definition) is 2. The van der Waals surface area contributed by atoms with Crippen LogP contribution in [0.4, 0.5) is 5.69 Å². The molecule has 0 aliphatic heterocycles. The summed E-state index contributed by atoms with van der Waals surface area (Å²) in [5.74, 6) is 0. The van der Waals surface area contributed by atoms with Crippen molar-refractivity contribution in [3.63, 3.8) is 0 Å². The Labute approximate surface area is 155 Å². The molecule has 0 amide bonds. The molecular formula is C23H38N2. The summed E-state index contributed by atoms with van der Waals surface area (Å²) in [4.78, 5) is 0. The lowest BCUT2D eigenvalue weighted by atomic mass is 9.98. The van der Waals surface area contributed by atoms with Crippen molar-refractivity contribution in [3.8, 4) is 0 Å². The second-order valence-corrected chi connectivity index (χ2v) is 7.87. The van der Waals surface area contributed by atoms with E-state index in [-0.39, 0.29) is 0 Å². The normalized spacial score (nSPS) is 18.5. The molecule has 1 aromatic carbocycles. The van der Waals surface area contributed by atoms with Crippen molar-refractivity contribution < 1.29 is 0 Å². The molecule has 2 heteroatoms. The van der Waals surface area contributed by atoms with Crippen molar-refractivity contribution in [2.45, 2.75) is 97.4 Å². The number of anilines is 1.